The number of nitro groups is 1. The van der Waals surface area contributed by atoms with Crippen molar-refractivity contribution in [2.45, 2.75) is 18.7 Å². The van der Waals surface area contributed by atoms with E-state index in [0.717, 1.165) is 6.07 Å². The number of non-ortho nitro benzene ring substituents is 1. The van der Waals surface area contributed by atoms with Crippen molar-refractivity contribution in [3.8, 4) is 0 Å². The topological polar surface area (TPSA) is 157 Å². The normalized spacial score (nSPS) is 11.7. The third kappa shape index (κ3) is 5.30. The molecule has 0 fully saturated rings. The van der Waals surface area contributed by atoms with E-state index >= 15 is 0 Å². The number of amides is 1. The molecule has 1 amide bonds. The maximum Gasteiger partial charge on any atom is 0.277 e. The number of benzene rings is 2. The summed E-state index contributed by atoms with van der Waals surface area (Å²) in [5, 5.41) is 21.0. The fraction of sp³-hybridized carbons (Fsp3) is 0.105. The van der Waals surface area contributed by atoms with Gasteiger partial charge in [-0.1, -0.05) is 23.4 Å². The van der Waals surface area contributed by atoms with Crippen LogP contribution in [-0.2, 0) is 10.0 Å². The summed E-state index contributed by atoms with van der Waals surface area (Å²) in [7, 11) is -4.11. The highest BCUT2D eigenvalue weighted by Crippen LogP contribution is 2.18. The monoisotopic (exact) mass is 443 g/mol. The minimum absolute atomic E-state index is 0.123. The molecule has 0 aliphatic rings. The van der Waals surface area contributed by atoms with Crippen molar-refractivity contribution in [1.82, 2.24) is 9.99 Å². The average Bonchev–Trinajstić information content (AvgIpc) is 3.19. The third-order valence-electron chi connectivity index (χ3n) is 4.07. The van der Waals surface area contributed by atoms with Gasteiger partial charge in [0.1, 0.15) is 5.76 Å². The molecule has 160 valence electrons. The SMILES string of the molecule is C/C(=N\NS(=O)(=O)c1cccc([N+](=O)[O-])c1)c1cccc(NC(=O)c2cc(C)on2)c1. The number of carbonyl (C=O) groups excluding carboxylic acids is 1. The highest BCUT2D eigenvalue weighted by atomic mass is 32.2. The number of aromatic nitrogens is 1. The van der Waals surface area contributed by atoms with Gasteiger partial charge in [-0.15, -0.1) is 0 Å². The van der Waals surface area contributed by atoms with Gasteiger partial charge >= 0.3 is 0 Å². The summed E-state index contributed by atoms with van der Waals surface area (Å²) < 4.78 is 29.7. The minimum atomic E-state index is -4.11. The quantitative estimate of drug-likeness (QED) is 0.323. The summed E-state index contributed by atoms with van der Waals surface area (Å²) in [6.07, 6.45) is 0. The van der Waals surface area contributed by atoms with Crippen LogP contribution in [0.25, 0.3) is 0 Å². The molecule has 31 heavy (non-hydrogen) atoms. The van der Waals surface area contributed by atoms with Crippen molar-refractivity contribution < 1.29 is 22.7 Å². The number of nitrogens with one attached hydrogen (secondary N) is 2. The molecule has 3 aromatic rings. The lowest BCUT2D eigenvalue weighted by Gasteiger charge is -2.08. The molecular weight excluding hydrogens is 426 g/mol. The van der Waals surface area contributed by atoms with E-state index in [0.29, 0.717) is 22.7 Å². The Morgan fingerprint density at radius 3 is 2.58 bits per heavy atom. The smallest absolute Gasteiger partial charge is 0.277 e. The lowest BCUT2D eigenvalue weighted by molar-refractivity contribution is -0.385. The number of nitro benzene ring substituents is 1. The van der Waals surface area contributed by atoms with Gasteiger partial charge in [0.15, 0.2) is 5.69 Å². The molecule has 11 nitrogen and oxygen atoms in total. The number of hydrogen-bond acceptors (Lipinski definition) is 8. The van der Waals surface area contributed by atoms with Crippen LogP contribution in [-0.4, -0.2) is 30.1 Å². The molecule has 0 spiro atoms. The van der Waals surface area contributed by atoms with E-state index in [2.05, 4.69) is 20.4 Å². The summed E-state index contributed by atoms with van der Waals surface area (Å²) in [6, 6.07) is 12.7. The molecular formula is C19H17N5O6S. The third-order valence-corrected chi connectivity index (χ3v) is 5.28. The average molecular weight is 443 g/mol. The van der Waals surface area contributed by atoms with Crippen LogP contribution < -0.4 is 10.1 Å². The number of hydrogen-bond donors (Lipinski definition) is 2. The second-order valence-electron chi connectivity index (χ2n) is 6.40. The lowest BCUT2D eigenvalue weighted by atomic mass is 10.1. The lowest BCUT2D eigenvalue weighted by Crippen LogP contribution is -2.20. The molecule has 1 aromatic heterocycles. The summed E-state index contributed by atoms with van der Waals surface area (Å²) in [5.41, 5.74) is 1.06. The van der Waals surface area contributed by atoms with Crippen molar-refractivity contribution in [2.75, 3.05) is 5.32 Å². The van der Waals surface area contributed by atoms with Gasteiger partial charge in [0.2, 0.25) is 0 Å². The summed E-state index contributed by atoms with van der Waals surface area (Å²) in [6.45, 7) is 3.23. The molecule has 0 saturated carbocycles. The van der Waals surface area contributed by atoms with Crippen molar-refractivity contribution in [3.05, 3.63) is 81.7 Å². The highest BCUT2D eigenvalue weighted by molar-refractivity contribution is 7.89. The van der Waals surface area contributed by atoms with E-state index in [4.69, 9.17) is 4.52 Å². The van der Waals surface area contributed by atoms with Crippen LogP contribution in [0.3, 0.4) is 0 Å². The largest absolute Gasteiger partial charge is 0.361 e. The molecule has 0 atom stereocenters. The minimum Gasteiger partial charge on any atom is -0.361 e. The molecule has 12 heteroatoms. The maximum atomic E-state index is 12.4. The van der Waals surface area contributed by atoms with E-state index in [1.54, 1.807) is 38.1 Å². The first kappa shape index (κ1) is 21.6. The molecule has 0 bridgehead atoms. The van der Waals surface area contributed by atoms with Gasteiger partial charge in [-0.3, -0.25) is 14.9 Å². The zero-order chi connectivity index (χ0) is 22.6. The Kier molecular flexibility index (Phi) is 6.11. The molecule has 0 unspecified atom stereocenters. The van der Waals surface area contributed by atoms with Crippen molar-refractivity contribution >= 4 is 33.0 Å². The first-order valence-corrected chi connectivity index (χ1v) is 10.3. The van der Waals surface area contributed by atoms with Gasteiger partial charge < -0.3 is 9.84 Å². The fourth-order valence-corrected chi connectivity index (χ4v) is 3.40. The summed E-state index contributed by atoms with van der Waals surface area (Å²) >= 11 is 0. The zero-order valence-electron chi connectivity index (χ0n) is 16.4. The highest BCUT2D eigenvalue weighted by Gasteiger charge is 2.17. The number of aryl methyl sites for hydroxylation is 1. The molecule has 2 N–H and O–H groups in total. The van der Waals surface area contributed by atoms with Gasteiger partial charge in [0.05, 0.1) is 15.5 Å². The maximum absolute atomic E-state index is 12.4. The van der Waals surface area contributed by atoms with E-state index < -0.39 is 20.9 Å². The van der Waals surface area contributed by atoms with Crippen LogP contribution in [0.2, 0.25) is 0 Å². The molecule has 0 aliphatic heterocycles. The van der Waals surface area contributed by atoms with Crippen LogP contribution in [0.4, 0.5) is 11.4 Å². The molecule has 2 aromatic carbocycles. The standard InChI is InChI=1S/C19H17N5O6S/c1-12-9-18(22-30-12)19(25)20-15-6-3-5-14(10-15)13(2)21-23-31(28,29)17-8-4-7-16(11-17)24(26)27/h3-11,23H,1-2H3,(H,20,25)/b21-13+. The first-order valence-electron chi connectivity index (χ1n) is 8.81. The van der Waals surface area contributed by atoms with E-state index in [1.807, 2.05) is 0 Å². The number of hydrazone groups is 1. The van der Waals surface area contributed by atoms with Gasteiger partial charge in [-0.05, 0) is 37.6 Å². The van der Waals surface area contributed by atoms with Gasteiger partial charge in [-0.2, -0.15) is 18.4 Å². The van der Waals surface area contributed by atoms with Crippen molar-refractivity contribution in [3.63, 3.8) is 0 Å². The Morgan fingerprint density at radius 2 is 1.90 bits per heavy atom. The van der Waals surface area contributed by atoms with Gasteiger partial charge in [0.25, 0.3) is 21.6 Å². The molecule has 0 radical (unpaired) electrons. The van der Waals surface area contributed by atoms with Crippen LogP contribution in [0, 0.1) is 17.0 Å². The van der Waals surface area contributed by atoms with Gasteiger partial charge in [0, 0.05) is 23.9 Å². The molecule has 0 saturated heterocycles. The van der Waals surface area contributed by atoms with E-state index in [1.165, 1.54) is 24.3 Å². The van der Waals surface area contributed by atoms with E-state index in [-0.39, 0.29) is 16.3 Å². The molecule has 0 aliphatic carbocycles. The molecule has 3 rings (SSSR count). The Bertz CT molecular complexity index is 1280. The zero-order valence-corrected chi connectivity index (χ0v) is 17.2. The summed E-state index contributed by atoms with van der Waals surface area (Å²) in [5.74, 6) is 0.0351. The number of carbonyl (C=O) groups is 1. The Hall–Kier alpha value is -4.06. The second-order valence-corrected chi connectivity index (χ2v) is 8.06. The van der Waals surface area contributed by atoms with Gasteiger partial charge in [-0.25, -0.2) is 0 Å². The Morgan fingerprint density at radius 1 is 1.16 bits per heavy atom. The number of anilines is 1. The second kappa shape index (κ2) is 8.75. The van der Waals surface area contributed by atoms with Crippen molar-refractivity contribution in [1.29, 1.82) is 0 Å². The van der Waals surface area contributed by atoms with Crippen molar-refractivity contribution in [2.24, 2.45) is 5.10 Å². The van der Waals surface area contributed by atoms with Crippen LogP contribution in [0.1, 0.15) is 28.7 Å². The number of sulfonamides is 1. The van der Waals surface area contributed by atoms with Crippen LogP contribution >= 0.6 is 0 Å². The predicted molar refractivity (Wildman–Crippen MR) is 111 cm³/mol. The Balaban J connectivity index is 1.75. The van der Waals surface area contributed by atoms with E-state index in [9.17, 15) is 23.3 Å². The summed E-state index contributed by atoms with van der Waals surface area (Å²) in [4.78, 5) is 24.1. The number of nitrogens with zero attached hydrogens (tertiary/aromatic N) is 3. The van der Waals surface area contributed by atoms with Crippen LogP contribution in [0.5, 0.6) is 0 Å². The Labute approximate surface area is 177 Å². The predicted octanol–water partition coefficient (Wildman–Crippen LogP) is 2.85. The first-order chi connectivity index (χ1) is 14.7. The van der Waals surface area contributed by atoms with Crippen LogP contribution in [0.15, 0.2) is 69.1 Å². The fourth-order valence-electron chi connectivity index (χ4n) is 2.50. The molecule has 1 heterocycles. The number of rotatable bonds is 7.